The summed E-state index contributed by atoms with van der Waals surface area (Å²) < 4.78 is 22.9. The molecule has 0 bridgehead atoms. The third-order valence-electron chi connectivity index (χ3n) is 3.93. The zero-order valence-electron chi connectivity index (χ0n) is 12.5. The first-order chi connectivity index (χ1) is 10.5. The molecule has 2 aromatic rings. The number of sulfone groups is 1. The average Bonchev–Trinajstić information content (AvgIpc) is 2.96. The number of hydrogen-bond donors (Lipinski definition) is 2. The fourth-order valence-corrected chi connectivity index (χ4v) is 3.32. The molecule has 7 heteroatoms. The summed E-state index contributed by atoms with van der Waals surface area (Å²) >= 11 is 0. The van der Waals surface area contributed by atoms with Gasteiger partial charge in [-0.2, -0.15) is 5.10 Å². The molecule has 1 atom stereocenters. The number of hydrogen-bond acceptors (Lipinski definition) is 5. The normalized spacial score (nSPS) is 19.2. The van der Waals surface area contributed by atoms with Gasteiger partial charge in [-0.1, -0.05) is 12.1 Å². The number of piperidine rings is 1. The van der Waals surface area contributed by atoms with E-state index < -0.39 is 9.84 Å². The minimum Gasteiger partial charge on any atom is -0.316 e. The Hall–Kier alpha value is -1.73. The fourth-order valence-electron chi connectivity index (χ4n) is 2.69. The molecule has 1 saturated heterocycles. The molecule has 2 heterocycles. The van der Waals surface area contributed by atoms with Crippen molar-refractivity contribution in [2.24, 2.45) is 0 Å². The van der Waals surface area contributed by atoms with E-state index in [9.17, 15) is 8.42 Å². The highest BCUT2D eigenvalue weighted by Crippen LogP contribution is 2.20. The van der Waals surface area contributed by atoms with E-state index in [0.717, 1.165) is 43.1 Å². The summed E-state index contributed by atoms with van der Waals surface area (Å²) in [5, 5.41) is 10.7. The van der Waals surface area contributed by atoms with Gasteiger partial charge in [-0.3, -0.25) is 5.10 Å². The molecule has 0 spiro atoms. The molecular formula is C15H20N4O2S. The summed E-state index contributed by atoms with van der Waals surface area (Å²) in [6, 6.07) is 6.90. The summed E-state index contributed by atoms with van der Waals surface area (Å²) in [5.74, 6) is 2.06. The number of benzene rings is 1. The molecule has 22 heavy (non-hydrogen) atoms. The Kier molecular flexibility index (Phi) is 4.26. The molecule has 118 valence electrons. The zero-order valence-corrected chi connectivity index (χ0v) is 13.4. The Morgan fingerprint density at radius 2 is 2.05 bits per heavy atom. The van der Waals surface area contributed by atoms with Gasteiger partial charge < -0.3 is 5.32 Å². The van der Waals surface area contributed by atoms with Gasteiger partial charge in [-0.15, -0.1) is 0 Å². The number of nitrogens with zero attached hydrogens (tertiary/aromatic N) is 2. The second-order valence-electron chi connectivity index (χ2n) is 5.78. The van der Waals surface area contributed by atoms with Crippen LogP contribution in [0.4, 0.5) is 0 Å². The number of rotatable bonds is 4. The second-order valence-corrected chi connectivity index (χ2v) is 7.79. The Bertz CT molecular complexity index is 731. The third kappa shape index (κ3) is 3.53. The standard InChI is InChI=1S/C15H20N4O2S/c1-22(20,21)13-6-4-11(5-7-13)9-14-17-15(19-18-14)12-3-2-8-16-10-12/h4-7,12,16H,2-3,8-10H2,1H3,(H,17,18,19). The van der Waals surface area contributed by atoms with Crippen LogP contribution in [0.2, 0.25) is 0 Å². The Morgan fingerprint density at radius 3 is 2.68 bits per heavy atom. The molecular weight excluding hydrogens is 300 g/mol. The highest BCUT2D eigenvalue weighted by atomic mass is 32.2. The van der Waals surface area contributed by atoms with Gasteiger partial charge in [-0.05, 0) is 37.1 Å². The van der Waals surface area contributed by atoms with Crippen molar-refractivity contribution < 1.29 is 8.42 Å². The third-order valence-corrected chi connectivity index (χ3v) is 5.06. The van der Waals surface area contributed by atoms with E-state index >= 15 is 0 Å². The van der Waals surface area contributed by atoms with Crippen molar-refractivity contribution in [2.45, 2.75) is 30.1 Å². The summed E-state index contributed by atoms with van der Waals surface area (Å²) in [6.45, 7) is 2.00. The predicted octanol–water partition coefficient (Wildman–Crippen LogP) is 1.27. The van der Waals surface area contributed by atoms with Crippen LogP contribution >= 0.6 is 0 Å². The van der Waals surface area contributed by atoms with Crippen molar-refractivity contribution in [3.63, 3.8) is 0 Å². The van der Waals surface area contributed by atoms with Crippen LogP contribution in [0.3, 0.4) is 0 Å². The van der Waals surface area contributed by atoms with E-state index in [2.05, 4.69) is 20.5 Å². The smallest absolute Gasteiger partial charge is 0.175 e. The Balaban J connectivity index is 1.69. The number of aromatic amines is 1. The van der Waals surface area contributed by atoms with Crippen molar-refractivity contribution in [1.29, 1.82) is 0 Å². The summed E-state index contributed by atoms with van der Waals surface area (Å²) in [7, 11) is -3.15. The monoisotopic (exact) mass is 320 g/mol. The van der Waals surface area contributed by atoms with Crippen molar-refractivity contribution in [3.8, 4) is 0 Å². The van der Waals surface area contributed by atoms with Gasteiger partial charge >= 0.3 is 0 Å². The lowest BCUT2D eigenvalue weighted by atomic mass is 9.99. The number of H-pyrrole nitrogens is 1. The van der Waals surface area contributed by atoms with E-state index in [1.54, 1.807) is 12.1 Å². The van der Waals surface area contributed by atoms with Gasteiger partial charge in [0.05, 0.1) is 4.90 Å². The molecule has 3 rings (SSSR count). The molecule has 2 N–H and O–H groups in total. The first-order valence-corrected chi connectivity index (χ1v) is 9.32. The topological polar surface area (TPSA) is 87.7 Å². The summed E-state index contributed by atoms with van der Waals surface area (Å²) in [4.78, 5) is 4.91. The van der Waals surface area contributed by atoms with Gasteiger partial charge in [0.25, 0.3) is 0 Å². The van der Waals surface area contributed by atoms with Crippen molar-refractivity contribution >= 4 is 9.84 Å². The first kappa shape index (κ1) is 15.2. The Morgan fingerprint density at radius 1 is 1.27 bits per heavy atom. The van der Waals surface area contributed by atoms with Crippen LogP contribution < -0.4 is 5.32 Å². The van der Waals surface area contributed by atoms with Gasteiger partial charge in [0.1, 0.15) is 5.82 Å². The highest BCUT2D eigenvalue weighted by molar-refractivity contribution is 7.90. The van der Waals surface area contributed by atoms with Gasteiger partial charge in [-0.25, -0.2) is 13.4 Å². The van der Waals surface area contributed by atoms with Crippen molar-refractivity contribution in [2.75, 3.05) is 19.3 Å². The molecule has 1 aromatic carbocycles. The van der Waals surface area contributed by atoms with E-state index in [1.165, 1.54) is 6.26 Å². The van der Waals surface area contributed by atoms with E-state index in [0.29, 0.717) is 17.2 Å². The SMILES string of the molecule is CS(=O)(=O)c1ccc(Cc2nc(C3CCCNC3)n[nH]2)cc1. The summed E-state index contributed by atoms with van der Waals surface area (Å²) in [5.41, 5.74) is 1.01. The van der Waals surface area contributed by atoms with Crippen LogP contribution in [-0.2, 0) is 16.3 Å². The molecule has 1 fully saturated rings. The lowest BCUT2D eigenvalue weighted by molar-refractivity contribution is 0.447. The minimum absolute atomic E-state index is 0.336. The maximum Gasteiger partial charge on any atom is 0.175 e. The molecule has 1 unspecified atom stereocenters. The van der Waals surface area contributed by atoms with Crippen LogP contribution in [0.15, 0.2) is 29.2 Å². The average molecular weight is 320 g/mol. The van der Waals surface area contributed by atoms with Gasteiger partial charge in [0.2, 0.25) is 0 Å². The maximum absolute atomic E-state index is 11.4. The van der Waals surface area contributed by atoms with Crippen molar-refractivity contribution in [3.05, 3.63) is 41.5 Å². The van der Waals surface area contributed by atoms with Crippen molar-refractivity contribution in [1.82, 2.24) is 20.5 Å². The molecule has 0 radical (unpaired) electrons. The van der Waals surface area contributed by atoms with Gasteiger partial charge in [0.15, 0.2) is 15.7 Å². The first-order valence-electron chi connectivity index (χ1n) is 7.43. The molecule has 6 nitrogen and oxygen atoms in total. The lowest BCUT2D eigenvalue weighted by Gasteiger charge is -2.19. The lowest BCUT2D eigenvalue weighted by Crippen LogP contribution is -2.28. The molecule has 1 aromatic heterocycles. The Labute approximate surface area is 130 Å². The molecule has 0 amide bonds. The zero-order chi connectivity index (χ0) is 15.6. The van der Waals surface area contributed by atoms with Crippen LogP contribution in [-0.4, -0.2) is 42.9 Å². The molecule has 1 aliphatic rings. The molecule has 0 aliphatic carbocycles. The van der Waals surface area contributed by atoms with E-state index in [-0.39, 0.29) is 0 Å². The van der Waals surface area contributed by atoms with Crippen LogP contribution in [0.1, 0.15) is 36.0 Å². The van der Waals surface area contributed by atoms with E-state index in [4.69, 9.17) is 0 Å². The van der Waals surface area contributed by atoms with Gasteiger partial charge in [0, 0.05) is 25.1 Å². The predicted molar refractivity (Wildman–Crippen MR) is 83.6 cm³/mol. The fraction of sp³-hybridized carbons (Fsp3) is 0.467. The highest BCUT2D eigenvalue weighted by Gasteiger charge is 2.19. The maximum atomic E-state index is 11.4. The van der Waals surface area contributed by atoms with E-state index in [1.807, 2.05) is 12.1 Å². The molecule has 0 saturated carbocycles. The molecule has 1 aliphatic heterocycles. The van der Waals surface area contributed by atoms with Crippen LogP contribution in [0.5, 0.6) is 0 Å². The summed E-state index contributed by atoms with van der Waals surface area (Å²) in [6.07, 6.45) is 4.11. The quantitative estimate of drug-likeness (QED) is 0.885. The number of aromatic nitrogens is 3. The number of nitrogens with one attached hydrogen (secondary N) is 2. The van der Waals surface area contributed by atoms with Crippen LogP contribution in [0.25, 0.3) is 0 Å². The largest absolute Gasteiger partial charge is 0.316 e. The van der Waals surface area contributed by atoms with Crippen LogP contribution in [0, 0.1) is 0 Å². The second kappa shape index (κ2) is 6.18. The minimum atomic E-state index is -3.15.